The van der Waals surface area contributed by atoms with Gasteiger partial charge in [-0.3, -0.25) is 9.59 Å². The number of hydrogen-bond acceptors (Lipinski definition) is 5. The molecule has 2 aromatic carbocycles. The van der Waals surface area contributed by atoms with Crippen LogP contribution in [0.15, 0.2) is 42.5 Å². The van der Waals surface area contributed by atoms with Gasteiger partial charge in [-0.25, -0.2) is 4.79 Å². The molecular weight excluding hydrogens is 384 g/mol. The molecule has 1 aliphatic rings. The number of halogens is 1. The fraction of sp³-hybridized carbons (Fsp3) is 0.250. The summed E-state index contributed by atoms with van der Waals surface area (Å²) in [7, 11) is 1.27. The molecule has 28 heavy (non-hydrogen) atoms. The lowest BCUT2D eigenvalue weighted by molar-refractivity contribution is -0.124. The highest BCUT2D eigenvalue weighted by Crippen LogP contribution is 2.24. The lowest BCUT2D eigenvalue weighted by atomic mass is 10.1. The third-order valence-corrected chi connectivity index (χ3v) is 4.58. The monoisotopic (exact) mass is 402 g/mol. The van der Waals surface area contributed by atoms with E-state index < -0.39 is 18.0 Å². The van der Waals surface area contributed by atoms with Crippen LogP contribution in [-0.4, -0.2) is 37.6 Å². The third-order valence-electron chi connectivity index (χ3n) is 4.25. The summed E-state index contributed by atoms with van der Waals surface area (Å²) in [5.41, 5.74) is 1.36. The maximum atomic E-state index is 12.6. The molecule has 1 aliphatic heterocycles. The highest BCUT2D eigenvalue weighted by atomic mass is 35.5. The number of nitrogens with one attached hydrogen (secondary N) is 2. The number of carbonyl (C=O) groups excluding carboxylic acids is 3. The third kappa shape index (κ3) is 4.68. The van der Waals surface area contributed by atoms with Crippen molar-refractivity contribution in [3.05, 3.63) is 58.6 Å². The molecule has 0 aromatic heterocycles. The Kier molecular flexibility index (Phi) is 6.28. The van der Waals surface area contributed by atoms with E-state index in [1.54, 1.807) is 24.3 Å². The van der Waals surface area contributed by atoms with Gasteiger partial charge in [-0.2, -0.15) is 0 Å². The molecule has 1 saturated heterocycles. The number of rotatable bonds is 5. The summed E-state index contributed by atoms with van der Waals surface area (Å²) >= 11 is 6.11. The predicted molar refractivity (Wildman–Crippen MR) is 105 cm³/mol. The van der Waals surface area contributed by atoms with Crippen LogP contribution < -0.4 is 10.6 Å². The lowest BCUT2D eigenvalue weighted by Gasteiger charge is -2.12. The minimum Gasteiger partial charge on any atom is -0.465 e. The number of hydrogen-bond donors (Lipinski definition) is 2. The Hall–Kier alpha value is -2.90. The molecule has 3 rings (SSSR count). The van der Waals surface area contributed by atoms with Crippen LogP contribution in [0.2, 0.25) is 5.02 Å². The molecule has 2 aromatic rings. The highest BCUT2D eigenvalue weighted by Gasteiger charge is 2.23. The van der Waals surface area contributed by atoms with E-state index >= 15 is 0 Å². The molecule has 1 heterocycles. The molecule has 146 valence electrons. The first kappa shape index (κ1) is 19.9. The van der Waals surface area contributed by atoms with Crippen molar-refractivity contribution >= 4 is 40.8 Å². The number of carbonyl (C=O) groups is 3. The molecule has 0 bridgehead atoms. The zero-order valence-electron chi connectivity index (χ0n) is 15.2. The van der Waals surface area contributed by atoms with Gasteiger partial charge in [0, 0.05) is 17.9 Å². The summed E-state index contributed by atoms with van der Waals surface area (Å²) < 4.78 is 10.0. The van der Waals surface area contributed by atoms with Gasteiger partial charge >= 0.3 is 5.97 Å². The number of anilines is 2. The van der Waals surface area contributed by atoms with Crippen LogP contribution in [0.5, 0.6) is 0 Å². The molecule has 1 atom stereocenters. The van der Waals surface area contributed by atoms with E-state index in [1.165, 1.54) is 25.3 Å². The molecule has 0 aliphatic carbocycles. The van der Waals surface area contributed by atoms with Gasteiger partial charge in [-0.05, 0) is 49.2 Å². The van der Waals surface area contributed by atoms with Crippen LogP contribution in [-0.2, 0) is 14.3 Å². The molecule has 8 heteroatoms. The summed E-state index contributed by atoms with van der Waals surface area (Å²) in [5.74, 6) is -1.20. The van der Waals surface area contributed by atoms with Crippen LogP contribution in [0, 0.1) is 0 Å². The first-order chi connectivity index (χ1) is 13.5. The van der Waals surface area contributed by atoms with Crippen LogP contribution in [0.4, 0.5) is 11.4 Å². The Labute approximate surface area is 167 Å². The van der Waals surface area contributed by atoms with Gasteiger partial charge in [-0.15, -0.1) is 0 Å². The van der Waals surface area contributed by atoms with Crippen LogP contribution >= 0.6 is 11.6 Å². The molecule has 0 spiro atoms. The molecule has 7 nitrogen and oxygen atoms in total. The predicted octanol–water partition coefficient (Wildman–Crippen LogP) is 3.50. The largest absolute Gasteiger partial charge is 0.465 e. The summed E-state index contributed by atoms with van der Waals surface area (Å²) in [6, 6.07) is 11.0. The average Bonchev–Trinajstić information content (AvgIpc) is 3.24. The van der Waals surface area contributed by atoms with Crippen molar-refractivity contribution in [1.82, 2.24) is 0 Å². The van der Waals surface area contributed by atoms with E-state index in [9.17, 15) is 14.4 Å². The second-order valence-corrected chi connectivity index (χ2v) is 6.62. The number of ether oxygens (including phenoxy) is 2. The Morgan fingerprint density at radius 2 is 1.93 bits per heavy atom. The van der Waals surface area contributed by atoms with Crippen molar-refractivity contribution in [2.45, 2.75) is 18.9 Å². The molecule has 0 radical (unpaired) electrons. The van der Waals surface area contributed by atoms with E-state index in [2.05, 4.69) is 15.4 Å². The van der Waals surface area contributed by atoms with Crippen molar-refractivity contribution in [2.24, 2.45) is 0 Å². The summed E-state index contributed by atoms with van der Waals surface area (Å²) in [6.07, 6.45) is 1.07. The van der Waals surface area contributed by atoms with Gasteiger partial charge in [0.2, 0.25) is 0 Å². The van der Waals surface area contributed by atoms with Gasteiger partial charge in [0.05, 0.1) is 23.4 Å². The number of benzene rings is 2. The molecule has 1 fully saturated rings. The Morgan fingerprint density at radius 3 is 2.64 bits per heavy atom. The van der Waals surface area contributed by atoms with Gasteiger partial charge < -0.3 is 20.1 Å². The summed E-state index contributed by atoms with van der Waals surface area (Å²) in [5, 5.41) is 5.70. The lowest BCUT2D eigenvalue weighted by Crippen LogP contribution is -2.27. The maximum absolute atomic E-state index is 12.6. The van der Waals surface area contributed by atoms with E-state index in [0.717, 1.165) is 6.42 Å². The van der Waals surface area contributed by atoms with Crippen LogP contribution in [0.25, 0.3) is 0 Å². The first-order valence-electron chi connectivity index (χ1n) is 8.69. The van der Waals surface area contributed by atoms with E-state index in [1.807, 2.05) is 0 Å². The topological polar surface area (TPSA) is 93.7 Å². The fourth-order valence-corrected chi connectivity index (χ4v) is 2.97. The van der Waals surface area contributed by atoms with Crippen molar-refractivity contribution in [3.8, 4) is 0 Å². The Morgan fingerprint density at radius 1 is 1.11 bits per heavy atom. The van der Waals surface area contributed by atoms with Crippen molar-refractivity contribution < 1.29 is 23.9 Å². The number of amides is 2. The zero-order chi connectivity index (χ0) is 20.1. The Balaban J connectivity index is 1.72. The SMILES string of the molecule is COC(=O)c1ccc(Cl)c(NC(=O)c2cccc(NC(=O)[C@@H]3CCCO3)c2)c1. The first-order valence-corrected chi connectivity index (χ1v) is 9.07. The standard InChI is InChI=1S/C20H19ClN2O5/c1-27-20(26)13-7-8-15(21)16(11-13)23-18(24)12-4-2-5-14(10-12)22-19(25)17-6-3-9-28-17/h2,4-5,7-8,10-11,17H,3,6,9H2,1H3,(H,22,25)(H,23,24)/t17-/m0/s1. The minimum absolute atomic E-state index is 0.233. The highest BCUT2D eigenvalue weighted by molar-refractivity contribution is 6.34. The van der Waals surface area contributed by atoms with E-state index in [-0.39, 0.29) is 22.2 Å². The number of esters is 1. The van der Waals surface area contributed by atoms with Crippen LogP contribution in [0.3, 0.4) is 0 Å². The summed E-state index contributed by atoms with van der Waals surface area (Å²) in [4.78, 5) is 36.4. The van der Waals surface area contributed by atoms with E-state index in [4.69, 9.17) is 16.3 Å². The van der Waals surface area contributed by atoms with Gasteiger partial charge in [0.25, 0.3) is 11.8 Å². The molecule has 0 unspecified atom stereocenters. The second kappa shape index (κ2) is 8.86. The van der Waals surface area contributed by atoms with Crippen molar-refractivity contribution in [3.63, 3.8) is 0 Å². The molecule has 0 saturated carbocycles. The van der Waals surface area contributed by atoms with Gasteiger partial charge in [-0.1, -0.05) is 17.7 Å². The zero-order valence-corrected chi connectivity index (χ0v) is 15.9. The minimum atomic E-state index is -0.536. The molecule has 2 amide bonds. The molecular formula is C20H19ClN2O5. The van der Waals surface area contributed by atoms with Crippen LogP contribution in [0.1, 0.15) is 33.6 Å². The van der Waals surface area contributed by atoms with Crippen molar-refractivity contribution in [1.29, 1.82) is 0 Å². The average molecular weight is 403 g/mol. The van der Waals surface area contributed by atoms with Gasteiger partial charge in [0.15, 0.2) is 0 Å². The van der Waals surface area contributed by atoms with E-state index in [0.29, 0.717) is 24.3 Å². The maximum Gasteiger partial charge on any atom is 0.337 e. The Bertz CT molecular complexity index is 909. The number of methoxy groups -OCH3 is 1. The van der Waals surface area contributed by atoms with Gasteiger partial charge in [0.1, 0.15) is 6.10 Å². The summed E-state index contributed by atoms with van der Waals surface area (Å²) in [6.45, 7) is 0.575. The smallest absolute Gasteiger partial charge is 0.337 e. The fourth-order valence-electron chi connectivity index (χ4n) is 2.81. The second-order valence-electron chi connectivity index (χ2n) is 6.21. The quantitative estimate of drug-likeness (QED) is 0.746. The molecule has 2 N–H and O–H groups in total. The van der Waals surface area contributed by atoms with Crippen molar-refractivity contribution in [2.75, 3.05) is 24.4 Å². The normalized spacial score (nSPS) is 15.7.